The molecular formula is C21H27N3O9. The van der Waals surface area contributed by atoms with Gasteiger partial charge in [-0.15, -0.1) is 0 Å². The van der Waals surface area contributed by atoms with Crippen molar-refractivity contribution in [1.82, 2.24) is 13.7 Å². The van der Waals surface area contributed by atoms with Crippen molar-refractivity contribution in [3.63, 3.8) is 0 Å². The zero-order valence-electron chi connectivity index (χ0n) is 19.3. The van der Waals surface area contributed by atoms with Crippen LogP contribution in [0.5, 0.6) is 0 Å². The molecule has 0 radical (unpaired) electrons. The molecule has 0 aliphatic rings. The second-order valence-corrected chi connectivity index (χ2v) is 8.24. The van der Waals surface area contributed by atoms with Crippen LogP contribution in [-0.4, -0.2) is 46.4 Å². The minimum absolute atomic E-state index is 0.175. The maximum absolute atomic E-state index is 13.2. The molecule has 1 aromatic rings. The van der Waals surface area contributed by atoms with Gasteiger partial charge < -0.3 is 15.3 Å². The fourth-order valence-electron chi connectivity index (χ4n) is 3.18. The molecule has 0 amide bonds. The number of hydrogen-bond acceptors (Lipinski definition) is 9. The predicted molar refractivity (Wildman–Crippen MR) is 116 cm³/mol. The number of aliphatic hydroxyl groups is 3. The van der Waals surface area contributed by atoms with Crippen LogP contribution in [0, 0.1) is 0 Å². The Morgan fingerprint density at radius 3 is 0.848 bits per heavy atom. The van der Waals surface area contributed by atoms with Gasteiger partial charge in [0.1, 0.15) is 0 Å². The second kappa shape index (κ2) is 8.46. The van der Waals surface area contributed by atoms with Gasteiger partial charge in [0.05, 0.1) is 0 Å². The zero-order chi connectivity index (χ0) is 26.4. The van der Waals surface area contributed by atoms with Gasteiger partial charge in [-0.25, -0.2) is 28.1 Å². The normalized spacial score (nSPS) is 16.6. The van der Waals surface area contributed by atoms with Gasteiger partial charge in [-0.2, -0.15) is 0 Å². The summed E-state index contributed by atoms with van der Waals surface area (Å²) < 4.78 is -0.525. The summed E-state index contributed by atoms with van der Waals surface area (Å²) in [7, 11) is 0. The van der Waals surface area contributed by atoms with Crippen molar-refractivity contribution in [2.45, 2.75) is 58.7 Å². The van der Waals surface area contributed by atoms with Crippen molar-refractivity contribution in [1.29, 1.82) is 0 Å². The van der Waals surface area contributed by atoms with Gasteiger partial charge in [-0.3, -0.25) is 14.4 Å². The van der Waals surface area contributed by atoms with Crippen molar-refractivity contribution in [3.05, 3.63) is 67.9 Å². The molecule has 3 atom stereocenters. The molecule has 0 saturated heterocycles. The van der Waals surface area contributed by atoms with E-state index in [0.717, 1.165) is 41.5 Å². The Hall–Kier alpha value is -3.48. The van der Waals surface area contributed by atoms with E-state index < -0.39 is 51.6 Å². The summed E-state index contributed by atoms with van der Waals surface area (Å²) in [5.41, 5.74) is -15.2. The predicted octanol–water partition coefficient (Wildman–Crippen LogP) is -1.40. The van der Waals surface area contributed by atoms with E-state index in [9.17, 15) is 44.1 Å². The van der Waals surface area contributed by atoms with Crippen molar-refractivity contribution in [2.24, 2.45) is 0 Å². The molecule has 1 rings (SSSR count). The summed E-state index contributed by atoms with van der Waals surface area (Å²) in [6, 6.07) is 0. The molecule has 12 heteroatoms. The molecule has 0 fully saturated rings. The molecule has 12 nitrogen and oxygen atoms in total. The Labute approximate surface area is 188 Å². The Bertz CT molecular complexity index is 1100. The van der Waals surface area contributed by atoms with Crippen LogP contribution in [0.15, 0.2) is 50.8 Å². The van der Waals surface area contributed by atoms with Crippen LogP contribution in [0.3, 0.4) is 0 Å². The third kappa shape index (κ3) is 4.27. The number of ketones is 3. The standard InChI is InChI=1S/C21H27N3O9/c1-10(2)13(25)19(7,31)22-16(28)23(20(8,32)14(26)11(3)4)18(30)24(17(22)29)21(9,33)15(27)12(5)6/h31-33H,1,3,5H2,2,4,6-9H3. The topological polar surface area (TPSA) is 178 Å². The van der Waals surface area contributed by atoms with Gasteiger partial charge in [0.15, 0.2) is 0 Å². The first-order valence-corrected chi connectivity index (χ1v) is 9.47. The van der Waals surface area contributed by atoms with Crippen LogP contribution in [0.4, 0.5) is 0 Å². The SMILES string of the molecule is C=C(C)C(=O)C(C)(O)n1c(=O)n(C(C)(O)C(=O)C(=C)C)c(=O)n(C(C)(O)C(=O)C(=C)C)c1=O. The monoisotopic (exact) mass is 465 g/mol. The number of carbonyl (C=O) groups is 3. The van der Waals surface area contributed by atoms with Crippen LogP contribution in [0.2, 0.25) is 0 Å². The Balaban J connectivity index is 4.51. The van der Waals surface area contributed by atoms with Gasteiger partial charge in [-0.05, 0) is 58.3 Å². The molecule has 33 heavy (non-hydrogen) atoms. The van der Waals surface area contributed by atoms with E-state index in [-0.39, 0.29) is 30.4 Å². The highest BCUT2D eigenvalue weighted by molar-refractivity contribution is 6.00. The molecule has 0 saturated carbocycles. The lowest BCUT2D eigenvalue weighted by atomic mass is 10.0. The average Bonchev–Trinajstić information content (AvgIpc) is 2.64. The number of Topliss-reactive ketones (excluding diaryl/α,β-unsaturated/α-hetero) is 3. The molecule has 3 N–H and O–H groups in total. The molecule has 0 aliphatic heterocycles. The van der Waals surface area contributed by atoms with Crippen LogP contribution >= 0.6 is 0 Å². The highest BCUT2D eigenvalue weighted by Crippen LogP contribution is 2.19. The van der Waals surface area contributed by atoms with Crippen LogP contribution < -0.4 is 17.1 Å². The first-order chi connectivity index (χ1) is 14.7. The van der Waals surface area contributed by atoms with Crippen molar-refractivity contribution >= 4 is 17.3 Å². The number of hydrogen-bond donors (Lipinski definition) is 3. The summed E-state index contributed by atoms with van der Waals surface area (Å²) in [5.74, 6) is -3.72. The quantitative estimate of drug-likeness (QED) is 0.370. The first-order valence-electron chi connectivity index (χ1n) is 9.47. The van der Waals surface area contributed by atoms with Crippen molar-refractivity contribution in [2.75, 3.05) is 0 Å². The van der Waals surface area contributed by atoms with Crippen molar-refractivity contribution in [3.8, 4) is 0 Å². The van der Waals surface area contributed by atoms with Crippen LogP contribution in [0.1, 0.15) is 41.5 Å². The molecule has 0 aliphatic carbocycles. The number of carbonyl (C=O) groups excluding carboxylic acids is 3. The summed E-state index contributed by atoms with van der Waals surface area (Å²) in [5, 5.41) is 32.4. The lowest BCUT2D eigenvalue weighted by Crippen LogP contribution is -2.69. The van der Waals surface area contributed by atoms with Crippen LogP contribution in [-0.2, 0) is 31.6 Å². The Morgan fingerprint density at radius 2 is 0.727 bits per heavy atom. The van der Waals surface area contributed by atoms with Gasteiger partial charge in [-0.1, -0.05) is 19.7 Å². The molecule has 3 unspecified atom stereocenters. The lowest BCUT2D eigenvalue weighted by Gasteiger charge is -2.32. The van der Waals surface area contributed by atoms with Gasteiger partial charge in [0, 0.05) is 0 Å². The molecule has 0 spiro atoms. The Morgan fingerprint density at radius 1 is 0.576 bits per heavy atom. The molecule has 0 bridgehead atoms. The molecule has 180 valence electrons. The smallest absolute Gasteiger partial charge is 0.341 e. The van der Waals surface area contributed by atoms with E-state index in [4.69, 9.17) is 0 Å². The fraction of sp³-hybridized carbons (Fsp3) is 0.429. The summed E-state index contributed by atoms with van der Waals surface area (Å²) in [4.78, 5) is 77.1. The molecule has 1 aromatic heterocycles. The average molecular weight is 465 g/mol. The van der Waals surface area contributed by atoms with Gasteiger partial charge >= 0.3 is 17.1 Å². The van der Waals surface area contributed by atoms with E-state index >= 15 is 0 Å². The number of rotatable bonds is 9. The highest BCUT2D eigenvalue weighted by Gasteiger charge is 2.46. The van der Waals surface area contributed by atoms with E-state index in [1.54, 1.807) is 0 Å². The van der Waals surface area contributed by atoms with E-state index in [0.29, 0.717) is 0 Å². The summed E-state index contributed by atoms with van der Waals surface area (Å²) >= 11 is 0. The molecule has 0 aromatic carbocycles. The minimum atomic E-state index is -3.00. The second-order valence-electron chi connectivity index (χ2n) is 8.24. The molecular weight excluding hydrogens is 438 g/mol. The summed E-state index contributed by atoms with van der Waals surface area (Å²) in [6.45, 7) is 15.7. The Kier molecular flexibility index (Phi) is 7.07. The third-order valence-electron chi connectivity index (χ3n) is 4.91. The highest BCUT2D eigenvalue weighted by atomic mass is 16.3. The fourth-order valence-corrected chi connectivity index (χ4v) is 3.18. The largest absolute Gasteiger partial charge is 0.364 e. The van der Waals surface area contributed by atoms with Crippen LogP contribution in [0.25, 0.3) is 0 Å². The number of nitrogens with zero attached hydrogens (tertiary/aromatic N) is 3. The first kappa shape index (κ1) is 27.6. The van der Waals surface area contributed by atoms with Gasteiger partial charge in [0.25, 0.3) is 0 Å². The molecule has 1 heterocycles. The van der Waals surface area contributed by atoms with E-state index in [2.05, 4.69) is 19.7 Å². The van der Waals surface area contributed by atoms with E-state index in [1.807, 2.05) is 0 Å². The van der Waals surface area contributed by atoms with Gasteiger partial charge in [0.2, 0.25) is 34.5 Å². The minimum Gasteiger partial charge on any atom is -0.364 e. The maximum atomic E-state index is 13.2. The maximum Gasteiger partial charge on any atom is 0.341 e. The zero-order valence-corrected chi connectivity index (χ0v) is 19.3. The third-order valence-corrected chi connectivity index (χ3v) is 4.91. The van der Waals surface area contributed by atoms with Crippen molar-refractivity contribution < 1.29 is 29.7 Å². The lowest BCUT2D eigenvalue weighted by molar-refractivity contribution is -0.150. The summed E-state index contributed by atoms with van der Waals surface area (Å²) in [6.07, 6.45) is 0. The van der Waals surface area contributed by atoms with E-state index in [1.165, 1.54) is 0 Å². The number of aromatic nitrogens is 3.